The number of halogens is 1. The molecule has 2 heterocycles. The first kappa shape index (κ1) is 12.7. The maximum absolute atomic E-state index is 13.7. The highest BCUT2D eigenvalue weighted by Gasteiger charge is 2.29. The molecule has 1 aromatic heterocycles. The standard InChI is InChI=1S/C11H14FN3O3/c12-9-8(1-2-14-10(9)13)11(17)15-3-4-18-6-7(15)5-16/h1-2,7,16H,3-6H2,(H2,13,14). The average molecular weight is 255 g/mol. The van der Waals surface area contributed by atoms with Gasteiger partial charge in [-0.2, -0.15) is 0 Å². The molecular formula is C11H14FN3O3. The van der Waals surface area contributed by atoms with Crippen LogP contribution in [-0.4, -0.2) is 53.3 Å². The molecule has 3 N–H and O–H groups in total. The van der Waals surface area contributed by atoms with E-state index in [2.05, 4.69) is 4.98 Å². The summed E-state index contributed by atoms with van der Waals surface area (Å²) >= 11 is 0. The second-order valence-corrected chi connectivity index (χ2v) is 3.97. The topological polar surface area (TPSA) is 88.7 Å². The van der Waals surface area contributed by atoms with E-state index >= 15 is 0 Å². The minimum absolute atomic E-state index is 0.136. The van der Waals surface area contributed by atoms with Crippen molar-refractivity contribution in [2.75, 3.05) is 32.1 Å². The number of rotatable bonds is 2. The number of nitrogen functional groups attached to an aromatic ring is 1. The zero-order valence-corrected chi connectivity index (χ0v) is 9.67. The molecule has 1 aliphatic rings. The molecule has 7 heteroatoms. The molecule has 6 nitrogen and oxygen atoms in total. The molecule has 0 aromatic carbocycles. The fourth-order valence-electron chi connectivity index (χ4n) is 1.85. The number of carbonyl (C=O) groups is 1. The van der Waals surface area contributed by atoms with Crippen LogP contribution in [0.2, 0.25) is 0 Å². The molecule has 1 aliphatic heterocycles. The summed E-state index contributed by atoms with van der Waals surface area (Å²) in [5.41, 5.74) is 5.19. The number of hydrogen-bond donors (Lipinski definition) is 2. The molecule has 0 radical (unpaired) electrons. The van der Waals surface area contributed by atoms with Crippen molar-refractivity contribution in [2.24, 2.45) is 0 Å². The minimum Gasteiger partial charge on any atom is -0.394 e. The lowest BCUT2D eigenvalue weighted by atomic mass is 10.1. The van der Waals surface area contributed by atoms with Gasteiger partial charge in [0.2, 0.25) is 0 Å². The number of aromatic nitrogens is 1. The lowest BCUT2D eigenvalue weighted by Gasteiger charge is -2.34. The van der Waals surface area contributed by atoms with Gasteiger partial charge in [-0.1, -0.05) is 0 Å². The lowest BCUT2D eigenvalue weighted by Crippen LogP contribution is -2.50. The zero-order valence-electron chi connectivity index (χ0n) is 9.67. The summed E-state index contributed by atoms with van der Waals surface area (Å²) < 4.78 is 18.9. The second kappa shape index (κ2) is 5.28. The third kappa shape index (κ3) is 2.27. The summed E-state index contributed by atoms with van der Waals surface area (Å²) in [4.78, 5) is 17.1. The van der Waals surface area contributed by atoms with Crippen LogP contribution in [0.1, 0.15) is 10.4 Å². The maximum Gasteiger partial charge on any atom is 0.257 e. The number of aliphatic hydroxyl groups is 1. The number of carbonyl (C=O) groups excluding carboxylic acids is 1. The molecule has 1 aromatic rings. The third-order valence-corrected chi connectivity index (χ3v) is 2.85. The number of nitrogens with two attached hydrogens (primary N) is 1. The van der Waals surface area contributed by atoms with Gasteiger partial charge in [-0.05, 0) is 6.07 Å². The van der Waals surface area contributed by atoms with Gasteiger partial charge in [0.15, 0.2) is 11.6 Å². The van der Waals surface area contributed by atoms with E-state index in [0.29, 0.717) is 13.2 Å². The molecule has 1 fully saturated rings. The van der Waals surface area contributed by atoms with E-state index in [9.17, 15) is 14.3 Å². The zero-order chi connectivity index (χ0) is 13.1. The number of hydrogen-bond acceptors (Lipinski definition) is 5. The number of pyridine rings is 1. The van der Waals surface area contributed by atoms with Crippen molar-refractivity contribution in [3.8, 4) is 0 Å². The van der Waals surface area contributed by atoms with Crippen molar-refractivity contribution in [1.29, 1.82) is 0 Å². The van der Waals surface area contributed by atoms with Crippen LogP contribution in [0.5, 0.6) is 0 Å². The Hall–Kier alpha value is -1.73. The first-order valence-electron chi connectivity index (χ1n) is 5.54. The molecule has 1 unspecified atom stereocenters. The number of aliphatic hydroxyl groups excluding tert-OH is 1. The van der Waals surface area contributed by atoms with Crippen LogP contribution in [0.4, 0.5) is 10.2 Å². The van der Waals surface area contributed by atoms with Gasteiger partial charge in [0, 0.05) is 12.7 Å². The van der Waals surface area contributed by atoms with Crippen LogP contribution in [0.25, 0.3) is 0 Å². The Labute approximate surface area is 103 Å². The molecule has 1 amide bonds. The van der Waals surface area contributed by atoms with Crippen LogP contribution in [-0.2, 0) is 4.74 Å². The van der Waals surface area contributed by atoms with Gasteiger partial charge >= 0.3 is 0 Å². The lowest BCUT2D eigenvalue weighted by molar-refractivity contribution is -0.0185. The largest absolute Gasteiger partial charge is 0.394 e. The first-order valence-corrected chi connectivity index (χ1v) is 5.54. The van der Waals surface area contributed by atoms with Gasteiger partial charge in [0.1, 0.15) is 0 Å². The van der Waals surface area contributed by atoms with Gasteiger partial charge in [-0.15, -0.1) is 0 Å². The van der Waals surface area contributed by atoms with Crippen molar-refractivity contribution in [2.45, 2.75) is 6.04 Å². The highest BCUT2D eigenvalue weighted by Crippen LogP contribution is 2.17. The Morgan fingerprint density at radius 3 is 3.22 bits per heavy atom. The number of nitrogens with zero attached hydrogens (tertiary/aromatic N) is 2. The quantitative estimate of drug-likeness (QED) is 0.753. The average Bonchev–Trinajstić information content (AvgIpc) is 2.41. The van der Waals surface area contributed by atoms with E-state index in [1.807, 2.05) is 0 Å². The molecule has 1 atom stereocenters. The summed E-state index contributed by atoms with van der Waals surface area (Å²) in [6.07, 6.45) is 1.28. The van der Waals surface area contributed by atoms with Crippen LogP contribution < -0.4 is 5.73 Å². The van der Waals surface area contributed by atoms with Gasteiger partial charge < -0.3 is 20.5 Å². The monoisotopic (exact) mass is 255 g/mol. The number of ether oxygens (including phenoxy) is 1. The van der Waals surface area contributed by atoms with E-state index in [0.717, 1.165) is 0 Å². The van der Waals surface area contributed by atoms with Crippen LogP contribution in [0.15, 0.2) is 12.3 Å². The Morgan fingerprint density at radius 1 is 1.72 bits per heavy atom. The number of morpholine rings is 1. The summed E-state index contributed by atoms with van der Waals surface area (Å²) in [6.45, 7) is 0.689. The highest BCUT2D eigenvalue weighted by atomic mass is 19.1. The van der Waals surface area contributed by atoms with E-state index in [1.54, 1.807) is 0 Å². The Morgan fingerprint density at radius 2 is 2.50 bits per heavy atom. The van der Waals surface area contributed by atoms with E-state index in [1.165, 1.54) is 17.2 Å². The fraction of sp³-hybridized carbons (Fsp3) is 0.455. The first-order chi connectivity index (χ1) is 8.65. The van der Waals surface area contributed by atoms with Crippen molar-refractivity contribution in [3.05, 3.63) is 23.6 Å². The Bertz CT molecular complexity index is 455. The number of amides is 1. The molecule has 0 saturated carbocycles. The Kier molecular flexibility index (Phi) is 3.73. The van der Waals surface area contributed by atoms with Gasteiger partial charge in [0.25, 0.3) is 5.91 Å². The molecule has 1 saturated heterocycles. The third-order valence-electron chi connectivity index (χ3n) is 2.85. The summed E-state index contributed by atoms with van der Waals surface area (Å²) in [5.74, 6) is -1.65. The van der Waals surface area contributed by atoms with Gasteiger partial charge in [-0.3, -0.25) is 4.79 Å². The van der Waals surface area contributed by atoms with E-state index in [4.69, 9.17) is 10.5 Å². The highest BCUT2D eigenvalue weighted by molar-refractivity contribution is 5.95. The normalized spacial score (nSPS) is 19.9. The van der Waals surface area contributed by atoms with Gasteiger partial charge in [-0.25, -0.2) is 9.37 Å². The molecule has 0 bridgehead atoms. The summed E-state index contributed by atoms with van der Waals surface area (Å²) in [5, 5.41) is 9.18. The fourth-order valence-corrected chi connectivity index (χ4v) is 1.85. The van der Waals surface area contributed by atoms with E-state index < -0.39 is 17.8 Å². The SMILES string of the molecule is Nc1nccc(C(=O)N2CCOCC2CO)c1F. The van der Waals surface area contributed by atoms with Gasteiger partial charge in [0.05, 0.1) is 31.4 Å². The van der Waals surface area contributed by atoms with Crippen molar-refractivity contribution < 1.29 is 19.0 Å². The second-order valence-electron chi connectivity index (χ2n) is 3.97. The van der Waals surface area contributed by atoms with Crippen molar-refractivity contribution >= 4 is 11.7 Å². The summed E-state index contributed by atoms with van der Waals surface area (Å²) in [7, 11) is 0. The smallest absolute Gasteiger partial charge is 0.257 e. The molecule has 0 aliphatic carbocycles. The maximum atomic E-state index is 13.7. The van der Waals surface area contributed by atoms with Crippen LogP contribution in [0.3, 0.4) is 0 Å². The van der Waals surface area contributed by atoms with Crippen molar-refractivity contribution in [1.82, 2.24) is 9.88 Å². The predicted molar refractivity (Wildman–Crippen MR) is 61.3 cm³/mol. The molecule has 98 valence electrons. The van der Waals surface area contributed by atoms with Crippen molar-refractivity contribution in [3.63, 3.8) is 0 Å². The van der Waals surface area contributed by atoms with E-state index in [-0.39, 0.29) is 24.6 Å². The number of anilines is 1. The Balaban J connectivity index is 2.27. The predicted octanol–water partition coefficient (Wildman–Crippen LogP) is -0.364. The van der Waals surface area contributed by atoms with Crippen LogP contribution >= 0.6 is 0 Å². The van der Waals surface area contributed by atoms with Crippen LogP contribution in [0, 0.1) is 5.82 Å². The molecule has 0 spiro atoms. The molecule has 2 rings (SSSR count). The summed E-state index contributed by atoms with van der Waals surface area (Å²) in [6, 6.07) is 0.817. The molecule has 18 heavy (non-hydrogen) atoms. The molecular weight excluding hydrogens is 241 g/mol. The minimum atomic E-state index is -0.828.